The fraction of sp³-hybridized carbons (Fsp3) is 0.278. The van der Waals surface area contributed by atoms with Gasteiger partial charge in [0, 0.05) is 12.6 Å². The average molecular weight is 280 g/mol. The standard InChI is InChI=1S/C18H20N2O/c19-12-14-7-5-13(6-8-14)9-18(21)20-17-10-15-3-1-2-4-16(15)11-17/h1-8,17H,9-12,19H2,(H,20,21). The number of hydrogen-bond donors (Lipinski definition) is 2. The minimum absolute atomic E-state index is 0.0910. The molecule has 3 nitrogen and oxygen atoms in total. The molecule has 1 amide bonds. The zero-order valence-corrected chi connectivity index (χ0v) is 12.0. The van der Waals surface area contributed by atoms with Crippen LogP contribution in [0.2, 0.25) is 0 Å². The maximum absolute atomic E-state index is 12.1. The van der Waals surface area contributed by atoms with Crippen LogP contribution in [-0.4, -0.2) is 11.9 Å². The fourth-order valence-electron chi connectivity index (χ4n) is 2.92. The van der Waals surface area contributed by atoms with Gasteiger partial charge in [-0.2, -0.15) is 0 Å². The van der Waals surface area contributed by atoms with Crippen LogP contribution < -0.4 is 11.1 Å². The highest BCUT2D eigenvalue weighted by molar-refractivity contribution is 5.79. The van der Waals surface area contributed by atoms with E-state index in [0.717, 1.165) is 24.0 Å². The van der Waals surface area contributed by atoms with Crippen molar-refractivity contribution < 1.29 is 4.79 Å². The summed E-state index contributed by atoms with van der Waals surface area (Å²) < 4.78 is 0. The third-order valence-corrected chi connectivity index (χ3v) is 4.04. The number of rotatable bonds is 4. The molecule has 0 unspecified atom stereocenters. The Morgan fingerprint density at radius 3 is 2.14 bits per heavy atom. The Morgan fingerprint density at radius 1 is 1.00 bits per heavy atom. The van der Waals surface area contributed by atoms with Crippen LogP contribution in [0.25, 0.3) is 0 Å². The quantitative estimate of drug-likeness (QED) is 0.899. The van der Waals surface area contributed by atoms with Gasteiger partial charge in [0.25, 0.3) is 0 Å². The number of benzene rings is 2. The highest BCUT2D eigenvalue weighted by Gasteiger charge is 2.22. The molecule has 21 heavy (non-hydrogen) atoms. The molecular formula is C18H20N2O. The van der Waals surface area contributed by atoms with E-state index in [1.54, 1.807) is 0 Å². The van der Waals surface area contributed by atoms with Crippen LogP contribution in [0, 0.1) is 0 Å². The third-order valence-electron chi connectivity index (χ3n) is 4.04. The van der Waals surface area contributed by atoms with Crippen LogP contribution in [0.5, 0.6) is 0 Å². The summed E-state index contributed by atoms with van der Waals surface area (Å²) in [6.45, 7) is 0.535. The molecule has 3 heteroatoms. The van der Waals surface area contributed by atoms with Gasteiger partial charge in [0.05, 0.1) is 6.42 Å². The van der Waals surface area contributed by atoms with Gasteiger partial charge in [-0.1, -0.05) is 48.5 Å². The molecule has 0 bridgehead atoms. The number of fused-ring (bicyclic) bond motifs is 1. The molecule has 3 N–H and O–H groups in total. The van der Waals surface area contributed by atoms with Crippen molar-refractivity contribution in [1.29, 1.82) is 0 Å². The number of carbonyl (C=O) groups is 1. The van der Waals surface area contributed by atoms with E-state index in [-0.39, 0.29) is 11.9 Å². The van der Waals surface area contributed by atoms with E-state index in [1.807, 2.05) is 24.3 Å². The lowest BCUT2D eigenvalue weighted by atomic mass is 10.1. The Kier molecular flexibility index (Phi) is 4.02. The van der Waals surface area contributed by atoms with Crippen molar-refractivity contribution in [1.82, 2.24) is 5.32 Å². The molecular weight excluding hydrogens is 260 g/mol. The zero-order valence-electron chi connectivity index (χ0n) is 12.0. The van der Waals surface area contributed by atoms with Gasteiger partial charge in [-0.15, -0.1) is 0 Å². The van der Waals surface area contributed by atoms with Gasteiger partial charge in [0.1, 0.15) is 0 Å². The molecule has 0 fully saturated rings. The van der Waals surface area contributed by atoms with Crippen LogP contribution in [-0.2, 0) is 30.6 Å². The summed E-state index contributed by atoms with van der Waals surface area (Å²) in [5.74, 6) is 0.0910. The number of hydrogen-bond acceptors (Lipinski definition) is 2. The summed E-state index contributed by atoms with van der Waals surface area (Å²) >= 11 is 0. The SMILES string of the molecule is NCc1ccc(CC(=O)NC2Cc3ccccc3C2)cc1. The molecule has 0 aliphatic heterocycles. The van der Waals surface area contributed by atoms with E-state index in [1.165, 1.54) is 11.1 Å². The van der Waals surface area contributed by atoms with Crippen molar-refractivity contribution in [2.24, 2.45) is 5.73 Å². The van der Waals surface area contributed by atoms with Crippen LogP contribution in [0.15, 0.2) is 48.5 Å². The molecule has 0 atom stereocenters. The summed E-state index contributed by atoms with van der Waals surface area (Å²) in [5, 5.41) is 3.14. The average Bonchev–Trinajstić information content (AvgIpc) is 2.90. The Balaban J connectivity index is 1.55. The normalized spacial score (nSPS) is 14.0. The Bertz CT molecular complexity index is 609. The number of amides is 1. The number of carbonyl (C=O) groups excluding carboxylic acids is 1. The van der Waals surface area contributed by atoms with Gasteiger partial charge >= 0.3 is 0 Å². The second-order valence-electron chi connectivity index (χ2n) is 5.64. The lowest BCUT2D eigenvalue weighted by Crippen LogP contribution is -2.36. The van der Waals surface area contributed by atoms with Crippen molar-refractivity contribution in [3.8, 4) is 0 Å². The Morgan fingerprint density at radius 2 is 1.57 bits per heavy atom. The summed E-state index contributed by atoms with van der Waals surface area (Å²) in [6.07, 6.45) is 2.31. The monoisotopic (exact) mass is 280 g/mol. The molecule has 0 aromatic heterocycles. The Labute approximate surface area is 125 Å². The molecule has 0 radical (unpaired) electrons. The molecule has 0 spiro atoms. The minimum atomic E-state index is 0.0910. The van der Waals surface area contributed by atoms with Gasteiger partial charge in [0.15, 0.2) is 0 Å². The van der Waals surface area contributed by atoms with Crippen molar-refractivity contribution in [2.75, 3.05) is 0 Å². The smallest absolute Gasteiger partial charge is 0.224 e. The number of nitrogens with two attached hydrogens (primary N) is 1. The molecule has 2 aromatic rings. The highest BCUT2D eigenvalue weighted by Crippen LogP contribution is 2.21. The first-order chi connectivity index (χ1) is 10.2. The lowest BCUT2D eigenvalue weighted by Gasteiger charge is -2.12. The van der Waals surface area contributed by atoms with E-state index in [9.17, 15) is 4.79 Å². The third kappa shape index (κ3) is 3.31. The number of nitrogens with one attached hydrogen (secondary N) is 1. The van der Waals surface area contributed by atoms with E-state index in [4.69, 9.17) is 5.73 Å². The maximum Gasteiger partial charge on any atom is 0.224 e. The van der Waals surface area contributed by atoms with Crippen LogP contribution in [0.3, 0.4) is 0 Å². The summed E-state index contributed by atoms with van der Waals surface area (Å²) in [5.41, 5.74) is 10.4. The predicted octanol–water partition coefficient (Wildman–Crippen LogP) is 1.97. The molecule has 0 saturated heterocycles. The topological polar surface area (TPSA) is 55.1 Å². The minimum Gasteiger partial charge on any atom is -0.352 e. The van der Waals surface area contributed by atoms with Crippen molar-refractivity contribution >= 4 is 5.91 Å². The van der Waals surface area contributed by atoms with Crippen molar-refractivity contribution in [3.63, 3.8) is 0 Å². The first kappa shape index (κ1) is 13.8. The molecule has 0 saturated carbocycles. The summed E-state index contributed by atoms with van der Waals surface area (Å²) in [4.78, 5) is 12.1. The van der Waals surface area contributed by atoms with Gasteiger partial charge in [-0.3, -0.25) is 4.79 Å². The van der Waals surface area contributed by atoms with E-state index < -0.39 is 0 Å². The van der Waals surface area contributed by atoms with Crippen LogP contribution in [0.1, 0.15) is 22.3 Å². The predicted molar refractivity (Wildman–Crippen MR) is 83.8 cm³/mol. The molecule has 3 rings (SSSR count). The molecule has 0 heterocycles. The lowest BCUT2D eigenvalue weighted by molar-refractivity contribution is -0.121. The first-order valence-corrected chi connectivity index (χ1v) is 7.38. The van der Waals surface area contributed by atoms with E-state index >= 15 is 0 Å². The van der Waals surface area contributed by atoms with E-state index in [0.29, 0.717) is 13.0 Å². The fourth-order valence-corrected chi connectivity index (χ4v) is 2.92. The molecule has 1 aliphatic rings. The van der Waals surface area contributed by atoms with Crippen molar-refractivity contribution in [3.05, 3.63) is 70.8 Å². The van der Waals surface area contributed by atoms with Gasteiger partial charge in [-0.25, -0.2) is 0 Å². The Hall–Kier alpha value is -2.13. The second-order valence-corrected chi connectivity index (χ2v) is 5.64. The van der Waals surface area contributed by atoms with Gasteiger partial charge in [-0.05, 0) is 35.1 Å². The van der Waals surface area contributed by atoms with Gasteiger partial charge in [0.2, 0.25) is 5.91 Å². The van der Waals surface area contributed by atoms with Crippen molar-refractivity contribution in [2.45, 2.75) is 31.8 Å². The van der Waals surface area contributed by atoms with Crippen LogP contribution in [0.4, 0.5) is 0 Å². The molecule has 1 aliphatic carbocycles. The summed E-state index contributed by atoms with van der Waals surface area (Å²) in [7, 11) is 0. The molecule has 108 valence electrons. The second kappa shape index (κ2) is 6.10. The highest BCUT2D eigenvalue weighted by atomic mass is 16.1. The van der Waals surface area contributed by atoms with Crippen LogP contribution >= 0.6 is 0 Å². The van der Waals surface area contributed by atoms with E-state index in [2.05, 4.69) is 29.6 Å². The summed E-state index contributed by atoms with van der Waals surface area (Å²) in [6, 6.07) is 16.6. The maximum atomic E-state index is 12.1. The molecule has 2 aromatic carbocycles. The first-order valence-electron chi connectivity index (χ1n) is 7.38. The largest absolute Gasteiger partial charge is 0.352 e. The zero-order chi connectivity index (χ0) is 14.7. The van der Waals surface area contributed by atoms with Gasteiger partial charge < -0.3 is 11.1 Å².